The van der Waals surface area contributed by atoms with Crippen molar-refractivity contribution >= 4 is 22.0 Å². The smallest absolute Gasteiger partial charge is 0.306 e. The maximum atomic E-state index is 16.0. The predicted molar refractivity (Wildman–Crippen MR) is 187 cm³/mol. The van der Waals surface area contributed by atoms with E-state index in [1.807, 2.05) is 46.7 Å². The minimum absolute atomic E-state index is 0.0204. The number of carbonyl (C=O) groups excluding carboxylic acids is 2. The van der Waals surface area contributed by atoms with Crippen molar-refractivity contribution in [3.8, 4) is 11.1 Å². The lowest BCUT2D eigenvalue weighted by atomic mass is 9.84. The van der Waals surface area contributed by atoms with Crippen molar-refractivity contribution in [1.29, 1.82) is 0 Å². The molecule has 1 heterocycles. The van der Waals surface area contributed by atoms with Crippen molar-refractivity contribution < 1.29 is 23.1 Å². The third-order valence-electron chi connectivity index (χ3n) is 9.09. The average molecular weight is 668 g/mol. The Morgan fingerprint density at radius 1 is 0.979 bits per heavy atom. The molecule has 0 fully saturated rings. The molecule has 2 aromatic carbocycles. The van der Waals surface area contributed by atoms with Gasteiger partial charge in [-0.25, -0.2) is 13.5 Å². The minimum atomic E-state index is -0.766. The summed E-state index contributed by atoms with van der Waals surface area (Å²) < 4.78 is 36.7. The molecule has 0 spiro atoms. The number of likely N-dealkylation sites (N-methyl/N-ethyl adjacent to an activating group) is 1. The van der Waals surface area contributed by atoms with Gasteiger partial charge in [-0.2, -0.15) is 5.10 Å². The maximum absolute atomic E-state index is 16.0. The van der Waals surface area contributed by atoms with Gasteiger partial charge >= 0.3 is 5.97 Å². The molecule has 0 saturated carbocycles. The molecule has 0 amide bonds. The average Bonchev–Trinajstić information content (AvgIpc) is 2.97. The van der Waals surface area contributed by atoms with E-state index in [-0.39, 0.29) is 54.5 Å². The molecule has 0 aliphatic carbocycles. The molecule has 0 radical (unpaired) electrons. The van der Waals surface area contributed by atoms with Crippen molar-refractivity contribution in [2.75, 3.05) is 27.2 Å². The van der Waals surface area contributed by atoms with Gasteiger partial charge in [-0.05, 0) is 136 Å². The number of esters is 1. The summed E-state index contributed by atoms with van der Waals surface area (Å²) in [6.45, 7) is 13.7. The van der Waals surface area contributed by atoms with Gasteiger partial charge in [0.1, 0.15) is 17.7 Å². The molecule has 1 aromatic heterocycles. The van der Waals surface area contributed by atoms with Crippen molar-refractivity contribution in [1.82, 2.24) is 14.7 Å². The first kappa shape index (κ1) is 37.9. The van der Waals surface area contributed by atoms with Crippen LogP contribution in [-0.2, 0) is 20.7 Å². The molecule has 10 heteroatoms. The number of aryl methyl sites for hydroxylation is 4. The summed E-state index contributed by atoms with van der Waals surface area (Å²) in [6.07, 6.45) is 0.716. The van der Waals surface area contributed by atoms with E-state index >= 15 is 4.39 Å². The number of ether oxygens (including phenoxy) is 1. The molecule has 0 aliphatic heterocycles. The second-order valence-electron chi connectivity index (χ2n) is 13.5. The highest BCUT2D eigenvalue weighted by Gasteiger charge is 2.32. The van der Waals surface area contributed by atoms with Crippen LogP contribution < -0.4 is 5.56 Å². The zero-order valence-corrected chi connectivity index (χ0v) is 31.7. The van der Waals surface area contributed by atoms with Crippen LogP contribution in [0.1, 0.15) is 85.5 Å². The maximum Gasteiger partial charge on any atom is 0.306 e. The van der Waals surface area contributed by atoms with E-state index in [0.29, 0.717) is 50.0 Å². The number of ketones is 1. The summed E-state index contributed by atoms with van der Waals surface area (Å²) in [7, 11) is 4.59. The van der Waals surface area contributed by atoms with Crippen molar-refractivity contribution in [3.63, 3.8) is 0 Å². The van der Waals surface area contributed by atoms with E-state index in [1.54, 1.807) is 39.0 Å². The van der Waals surface area contributed by atoms with Crippen LogP contribution in [0.4, 0.5) is 8.78 Å². The van der Waals surface area contributed by atoms with E-state index in [0.717, 1.165) is 17.8 Å². The van der Waals surface area contributed by atoms with E-state index in [9.17, 15) is 18.8 Å². The Morgan fingerprint density at radius 2 is 1.62 bits per heavy atom. The van der Waals surface area contributed by atoms with Crippen molar-refractivity contribution in [2.24, 2.45) is 5.92 Å². The number of rotatable bonds is 15. The largest absolute Gasteiger partial charge is 0.466 e. The summed E-state index contributed by atoms with van der Waals surface area (Å²) >= 11 is 0. The highest BCUT2D eigenvalue weighted by atomic mass is 28.1. The topological polar surface area (TPSA) is 81.5 Å². The Balaban J connectivity index is 2.07. The quantitative estimate of drug-likeness (QED) is 0.147. The number of benzene rings is 2. The fraction of sp³-hybridized carbons (Fsp3) is 0.514. The van der Waals surface area contributed by atoms with Crippen LogP contribution in [0, 0.1) is 45.2 Å². The van der Waals surface area contributed by atoms with Gasteiger partial charge < -0.3 is 9.64 Å². The lowest BCUT2D eigenvalue weighted by molar-refractivity contribution is -0.143. The Labute approximate surface area is 281 Å². The van der Waals surface area contributed by atoms with Gasteiger partial charge in [-0.1, -0.05) is 13.8 Å². The fourth-order valence-corrected chi connectivity index (χ4v) is 6.88. The minimum Gasteiger partial charge on any atom is -0.466 e. The number of hydrogen-bond acceptors (Lipinski definition) is 6. The summed E-state index contributed by atoms with van der Waals surface area (Å²) in [5, 5.41) is 4.70. The Kier molecular flexibility index (Phi) is 13.4. The highest BCUT2D eigenvalue weighted by Crippen LogP contribution is 2.37. The van der Waals surface area contributed by atoms with E-state index in [1.165, 1.54) is 16.8 Å². The summed E-state index contributed by atoms with van der Waals surface area (Å²) in [5.74, 6) is -1.98. The van der Waals surface area contributed by atoms with E-state index in [2.05, 4.69) is 0 Å². The lowest BCUT2D eigenvalue weighted by Crippen LogP contribution is -2.38. The third-order valence-corrected chi connectivity index (χ3v) is 11.1. The molecular weight excluding hydrogens is 617 g/mol. The van der Waals surface area contributed by atoms with Gasteiger partial charge in [-0.15, -0.1) is 0 Å². The van der Waals surface area contributed by atoms with Gasteiger partial charge in [-0.3, -0.25) is 14.4 Å². The molecule has 0 aliphatic rings. The number of carbonyl (C=O) groups is 2. The molecule has 0 saturated heterocycles. The standard InChI is InChI=1S/C37H51F2N3O4Si/c1-10-46-32(44)20-26(30-19-27(15-24(6)34(30)39)33-22(4)16-28(38)17-23(33)5)11-12-31(43)35(36(47)21(2)3)42-37(45)25(7)18-29(40-42)13-14-41(8)9/h15-19,21,26,35-36H,10-14,20H2,1-9,47H3/t26-,35+,36?/m0/s1. The normalized spacial score (nSPS) is 13.6. The van der Waals surface area contributed by atoms with Crippen LogP contribution in [0.2, 0.25) is 5.54 Å². The molecule has 256 valence electrons. The van der Waals surface area contributed by atoms with Crippen LogP contribution in [0.5, 0.6) is 0 Å². The predicted octanol–water partition coefficient (Wildman–Crippen LogP) is 5.96. The fourth-order valence-electron chi connectivity index (χ4n) is 6.23. The molecule has 7 nitrogen and oxygen atoms in total. The summed E-state index contributed by atoms with van der Waals surface area (Å²) in [5.41, 5.74) is 4.55. The zero-order chi connectivity index (χ0) is 35.2. The summed E-state index contributed by atoms with van der Waals surface area (Å²) in [6, 6.07) is 7.36. The second-order valence-corrected chi connectivity index (χ2v) is 14.8. The first-order chi connectivity index (χ1) is 22.0. The number of halogens is 2. The Morgan fingerprint density at radius 3 is 2.19 bits per heavy atom. The molecular formula is C37H51F2N3O4Si. The van der Waals surface area contributed by atoms with Crippen LogP contribution in [0.15, 0.2) is 35.1 Å². The molecule has 47 heavy (non-hydrogen) atoms. The first-order valence-corrected chi connectivity index (χ1v) is 17.7. The molecule has 1 unspecified atom stereocenters. The molecule has 0 bridgehead atoms. The van der Waals surface area contributed by atoms with Crippen LogP contribution >= 0.6 is 0 Å². The van der Waals surface area contributed by atoms with Crippen LogP contribution in [-0.4, -0.2) is 63.9 Å². The van der Waals surface area contributed by atoms with Gasteiger partial charge in [0.05, 0.1) is 18.7 Å². The van der Waals surface area contributed by atoms with E-state index in [4.69, 9.17) is 9.84 Å². The van der Waals surface area contributed by atoms with Crippen molar-refractivity contribution in [2.45, 2.75) is 91.7 Å². The van der Waals surface area contributed by atoms with Gasteiger partial charge in [0.15, 0.2) is 5.78 Å². The molecule has 0 N–H and O–H groups in total. The van der Waals surface area contributed by atoms with Crippen molar-refractivity contribution in [3.05, 3.63) is 85.8 Å². The number of nitrogens with zero attached hydrogens (tertiary/aromatic N) is 3. The van der Waals surface area contributed by atoms with Crippen LogP contribution in [0.25, 0.3) is 11.1 Å². The Bertz CT molecular complexity index is 1630. The van der Waals surface area contributed by atoms with Crippen LogP contribution in [0.3, 0.4) is 0 Å². The van der Waals surface area contributed by atoms with Gasteiger partial charge in [0.25, 0.3) is 5.56 Å². The lowest BCUT2D eigenvalue weighted by Gasteiger charge is -2.28. The molecule has 3 aromatic rings. The number of aromatic nitrogens is 2. The monoisotopic (exact) mass is 667 g/mol. The third kappa shape index (κ3) is 9.53. The zero-order valence-electron chi connectivity index (χ0n) is 29.7. The van der Waals surface area contributed by atoms with Gasteiger partial charge in [0.2, 0.25) is 0 Å². The first-order valence-electron chi connectivity index (χ1n) is 16.5. The summed E-state index contributed by atoms with van der Waals surface area (Å²) in [4.78, 5) is 42.5. The Hall–Kier alpha value is -3.50. The number of hydrogen-bond donors (Lipinski definition) is 0. The van der Waals surface area contributed by atoms with Gasteiger partial charge in [0, 0.05) is 35.2 Å². The molecule has 3 atom stereocenters. The molecule has 3 rings (SSSR count). The second kappa shape index (κ2) is 16.5. The number of Topliss-reactive ketones (excluding diaryl/α,β-unsaturated/α-hetero) is 1. The highest BCUT2D eigenvalue weighted by molar-refractivity contribution is 6.14. The van der Waals surface area contributed by atoms with E-state index < -0.39 is 23.7 Å². The SMILES string of the molecule is CCOC(=O)C[C@H](CCC(=O)[C@H](C([SiH3])C(C)C)n1nc(CCN(C)C)cc(C)c1=O)c1cc(-c2c(C)cc(F)cc2C)cc(C)c1F.